The van der Waals surface area contributed by atoms with Crippen molar-refractivity contribution >= 4 is 0 Å². The fraction of sp³-hybridized carbons (Fsp3) is 0.391. The summed E-state index contributed by atoms with van der Waals surface area (Å²) in [6.07, 6.45) is 10.2. The summed E-state index contributed by atoms with van der Waals surface area (Å²) in [5.41, 5.74) is 2.22. The molecule has 1 aliphatic carbocycles. The summed E-state index contributed by atoms with van der Waals surface area (Å²) in [6.45, 7) is -0.260. The SMILES string of the molecule is FCCCC=CC1CCC(c2ccc(-c3cc(F)c(F)c(F)c3)cc2)CC1. The minimum atomic E-state index is -1.44. The summed E-state index contributed by atoms with van der Waals surface area (Å²) in [5.74, 6) is -2.73. The van der Waals surface area contributed by atoms with Crippen LogP contribution in [-0.4, -0.2) is 6.67 Å². The molecule has 1 saturated carbocycles. The highest BCUT2D eigenvalue weighted by Gasteiger charge is 2.21. The number of alkyl halides is 1. The van der Waals surface area contributed by atoms with E-state index in [4.69, 9.17) is 0 Å². The first-order chi connectivity index (χ1) is 13.1. The van der Waals surface area contributed by atoms with Crippen molar-refractivity contribution in [3.63, 3.8) is 0 Å². The van der Waals surface area contributed by atoms with E-state index in [0.717, 1.165) is 44.2 Å². The zero-order chi connectivity index (χ0) is 19.2. The minimum Gasteiger partial charge on any atom is -0.251 e. The Bertz CT molecular complexity index is 748. The molecule has 0 atom stereocenters. The largest absolute Gasteiger partial charge is 0.251 e. The van der Waals surface area contributed by atoms with Crippen molar-refractivity contribution in [2.75, 3.05) is 6.67 Å². The molecule has 0 radical (unpaired) electrons. The van der Waals surface area contributed by atoms with E-state index in [1.807, 2.05) is 24.3 Å². The van der Waals surface area contributed by atoms with Crippen molar-refractivity contribution in [3.05, 3.63) is 71.6 Å². The lowest BCUT2D eigenvalue weighted by atomic mass is 9.78. The van der Waals surface area contributed by atoms with Crippen molar-refractivity contribution < 1.29 is 17.6 Å². The van der Waals surface area contributed by atoms with Gasteiger partial charge in [0.05, 0.1) is 6.67 Å². The maximum absolute atomic E-state index is 13.4. The fourth-order valence-electron chi connectivity index (χ4n) is 3.80. The normalized spacial score (nSPS) is 20.3. The van der Waals surface area contributed by atoms with Gasteiger partial charge in [-0.2, -0.15) is 0 Å². The average molecular weight is 376 g/mol. The molecule has 0 heterocycles. The second-order valence-electron chi connectivity index (χ2n) is 7.25. The van der Waals surface area contributed by atoms with E-state index >= 15 is 0 Å². The van der Waals surface area contributed by atoms with Crippen molar-refractivity contribution in [1.29, 1.82) is 0 Å². The average Bonchev–Trinajstić information content (AvgIpc) is 2.70. The van der Waals surface area contributed by atoms with E-state index in [1.165, 1.54) is 5.56 Å². The second kappa shape index (κ2) is 9.20. The van der Waals surface area contributed by atoms with Gasteiger partial charge in [-0.1, -0.05) is 36.4 Å². The Morgan fingerprint density at radius 3 is 2.07 bits per heavy atom. The van der Waals surface area contributed by atoms with Gasteiger partial charge in [-0.05, 0) is 79.2 Å². The van der Waals surface area contributed by atoms with Crippen LogP contribution in [0.1, 0.15) is 50.0 Å². The molecule has 0 bridgehead atoms. The third-order valence-corrected chi connectivity index (χ3v) is 5.38. The molecule has 3 rings (SSSR count). The lowest BCUT2D eigenvalue weighted by Crippen LogP contribution is -2.11. The Morgan fingerprint density at radius 1 is 0.852 bits per heavy atom. The molecule has 0 amide bonds. The Kier molecular flexibility index (Phi) is 6.70. The highest BCUT2D eigenvalue weighted by atomic mass is 19.2. The van der Waals surface area contributed by atoms with Crippen LogP contribution in [0, 0.1) is 23.4 Å². The molecular formula is C23H24F4. The molecule has 4 heteroatoms. The number of benzene rings is 2. The third kappa shape index (κ3) is 5.00. The predicted octanol–water partition coefficient (Wildman–Crippen LogP) is 7.35. The first-order valence-electron chi connectivity index (χ1n) is 9.56. The van der Waals surface area contributed by atoms with E-state index < -0.39 is 17.5 Å². The fourth-order valence-corrected chi connectivity index (χ4v) is 3.80. The Balaban J connectivity index is 1.61. The van der Waals surface area contributed by atoms with Crippen molar-refractivity contribution in [3.8, 4) is 11.1 Å². The molecule has 2 aromatic rings. The van der Waals surface area contributed by atoms with Crippen LogP contribution in [0.25, 0.3) is 11.1 Å². The molecule has 144 valence electrons. The van der Waals surface area contributed by atoms with Gasteiger partial charge >= 0.3 is 0 Å². The molecule has 2 aromatic carbocycles. The van der Waals surface area contributed by atoms with Gasteiger partial charge in [-0.15, -0.1) is 0 Å². The zero-order valence-corrected chi connectivity index (χ0v) is 15.2. The van der Waals surface area contributed by atoms with Crippen LogP contribution in [0.15, 0.2) is 48.6 Å². The maximum atomic E-state index is 13.4. The molecule has 1 aliphatic rings. The third-order valence-electron chi connectivity index (χ3n) is 5.38. The summed E-state index contributed by atoms with van der Waals surface area (Å²) in [5, 5.41) is 0. The molecule has 0 aromatic heterocycles. The lowest BCUT2D eigenvalue weighted by molar-refractivity contribution is 0.375. The van der Waals surface area contributed by atoms with E-state index in [-0.39, 0.29) is 6.67 Å². The van der Waals surface area contributed by atoms with E-state index in [2.05, 4.69) is 12.2 Å². The minimum absolute atomic E-state index is 0.260. The summed E-state index contributed by atoms with van der Waals surface area (Å²) < 4.78 is 52.1. The number of hydrogen-bond acceptors (Lipinski definition) is 0. The van der Waals surface area contributed by atoms with Gasteiger partial charge in [-0.3, -0.25) is 4.39 Å². The molecule has 27 heavy (non-hydrogen) atoms. The highest BCUT2D eigenvalue weighted by Crippen LogP contribution is 2.37. The summed E-state index contributed by atoms with van der Waals surface area (Å²) in [4.78, 5) is 0. The summed E-state index contributed by atoms with van der Waals surface area (Å²) in [7, 11) is 0. The van der Waals surface area contributed by atoms with Crippen LogP contribution >= 0.6 is 0 Å². The number of allylic oxidation sites excluding steroid dienone is 2. The zero-order valence-electron chi connectivity index (χ0n) is 15.2. The van der Waals surface area contributed by atoms with Gasteiger partial charge in [-0.25, -0.2) is 13.2 Å². The first kappa shape index (κ1) is 19.7. The van der Waals surface area contributed by atoms with Gasteiger partial charge in [0.25, 0.3) is 0 Å². The monoisotopic (exact) mass is 376 g/mol. The van der Waals surface area contributed by atoms with Gasteiger partial charge in [0.15, 0.2) is 17.5 Å². The topological polar surface area (TPSA) is 0 Å². The van der Waals surface area contributed by atoms with E-state index in [9.17, 15) is 17.6 Å². The van der Waals surface area contributed by atoms with Crippen LogP contribution in [-0.2, 0) is 0 Å². The van der Waals surface area contributed by atoms with Crippen LogP contribution in [0.4, 0.5) is 17.6 Å². The summed E-state index contributed by atoms with van der Waals surface area (Å²) in [6, 6.07) is 9.71. The van der Waals surface area contributed by atoms with Gasteiger partial charge in [0.1, 0.15) is 0 Å². The van der Waals surface area contributed by atoms with Crippen LogP contribution < -0.4 is 0 Å². The molecule has 1 fully saturated rings. The van der Waals surface area contributed by atoms with E-state index in [1.54, 1.807) is 0 Å². The van der Waals surface area contributed by atoms with Crippen LogP contribution in [0.3, 0.4) is 0 Å². The molecular weight excluding hydrogens is 352 g/mol. The number of unbranched alkanes of at least 4 members (excludes halogenated alkanes) is 1. The standard InChI is InChI=1S/C23H24F4/c24-13-3-1-2-4-16-5-7-17(8-6-16)18-9-11-19(12-10-18)20-14-21(25)23(27)22(26)15-20/h2,4,9-12,14-17H,1,3,5-8,13H2. The first-order valence-corrected chi connectivity index (χ1v) is 9.56. The molecule has 0 nitrogen and oxygen atoms in total. The lowest BCUT2D eigenvalue weighted by Gasteiger charge is -2.27. The summed E-state index contributed by atoms with van der Waals surface area (Å²) >= 11 is 0. The molecule has 0 unspecified atom stereocenters. The Hall–Kier alpha value is -2.10. The van der Waals surface area contributed by atoms with Crippen LogP contribution in [0.2, 0.25) is 0 Å². The number of hydrogen-bond donors (Lipinski definition) is 0. The van der Waals surface area contributed by atoms with Crippen molar-refractivity contribution in [2.24, 2.45) is 5.92 Å². The number of halogens is 4. The second-order valence-corrected chi connectivity index (χ2v) is 7.25. The predicted molar refractivity (Wildman–Crippen MR) is 101 cm³/mol. The molecule has 0 spiro atoms. The van der Waals surface area contributed by atoms with Gasteiger partial charge in [0, 0.05) is 0 Å². The Labute approximate surface area is 157 Å². The van der Waals surface area contributed by atoms with Crippen molar-refractivity contribution in [1.82, 2.24) is 0 Å². The highest BCUT2D eigenvalue weighted by molar-refractivity contribution is 5.64. The smallest absolute Gasteiger partial charge is 0.194 e. The maximum Gasteiger partial charge on any atom is 0.194 e. The quantitative estimate of drug-likeness (QED) is 0.214. The van der Waals surface area contributed by atoms with Gasteiger partial charge in [0.2, 0.25) is 0 Å². The van der Waals surface area contributed by atoms with Crippen molar-refractivity contribution in [2.45, 2.75) is 44.4 Å². The number of rotatable bonds is 6. The van der Waals surface area contributed by atoms with Gasteiger partial charge < -0.3 is 0 Å². The molecule has 0 N–H and O–H groups in total. The molecule has 0 saturated heterocycles. The van der Waals surface area contributed by atoms with E-state index in [0.29, 0.717) is 29.4 Å². The van der Waals surface area contributed by atoms with Crippen LogP contribution in [0.5, 0.6) is 0 Å². The molecule has 0 aliphatic heterocycles. The Morgan fingerprint density at radius 2 is 1.48 bits per heavy atom.